The minimum atomic E-state index is -0.191. The van der Waals surface area contributed by atoms with Crippen molar-refractivity contribution in [1.82, 2.24) is 0 Å². The quantitative estimate of drug-likeness (QED) is 0.701. The number of benzene rings is 1. The van der Waals surface area contributed by atoms with Crippen molar-refractivity contribution in [3.05, 3.63) is 29.6 Å². The monoisotopic (exact) mass is 243 g/mol. The van der Waals surface area contributed by atoms with Crippen molar-refractivity contribution in [3.63, 3.8) is 0 Å². The molecule has 0 fully saturated rings. The van der Waals surface area contributed by atoms with E-state index in [1.54, 1.807) is 6.07 Å². The van der Waals surface area contributed by atoms with Gasteiger partial charge in [-0.3, -0.25) is 0 Å². The molecule has 3 heteroatoms. The molecule has 1 nitrogen and oxygen atoms in total. The molecule has 0 aliphatic carbocycles. The molecule has 0 aliphatic rings. The van der Waals surface area contributed by atoms with Gasteiger partial charge in [-0.25, -0.2) is 4.39 Å². The molecule has 1 aromatic rings. The number of hydrogen-bond acceptors (Lipinski definition) is 1. The van der Waals surface area contributed by atoms with Crippen LogP contribution in [0.25, 0.3) is 0 Å². The summed E-state index contributed by atoms with van der Waals surface area (Å²) in [7, 11) is 1.93. The van der Waals surface area contributed by atoms with E-state index in [1.165, 1.54) is 6.07 Å². The molecule has 0 heterocycles. The van der Waals surface area contributed by atoms with Crippen LogP contribution >= 0.6 is 11.6 Å². The highest BCUT2D eigenvalue weighted by atomic mass is 35.5. The molecule has 0 saturated carbocycles. The van der Waals surface area contributed by atoms with Gasteiger partial charge in [0.25, 0.3) is 0 Å². The molecule has 1 atom stereocenters. The second kappa shape index (κ2) is 6.09. The van der Waals surface area contributed by atoms with E-state index < -0.39 is 0 Å². The van der Waals surface area contributed by atoms with Gasteiger partial charge in [-0.05, 0) is 31.0 Å². The molecule has 0 aliphatic heterocycles. The van der Waals surface area contributed by atoms with Crippen LogP contribution in [0.2, 0.25) is 0 Å². The smallest absolute Gasteiger partial charge is 0.146 e. The minimum Gasteiger partial charge on any atom is -0.370 e. The SMILES string of the molecule is CCCC(C)N(C)c1ccc(CCl)cc1F. The Morgan fingerprint density at radius 1 is 1.44 bits per heavy atom. The van der Waals surface area contributed by atoms with Crippen molar-refractivity contribution >= 4 is 17.3 Å². The summed E-state index contributed by atoms with van der Waals surface area (Å²) in [4.78, 5) is 1.98. The number of halogens is 2. The number of hydrogen-bond donors (Lipinski definition) is 0. The number of anilines is 1. The van der Waals surface area contributed by atoms with Crippen LogP contribution in [0.3, 0.4) is 0 Å². The van der Waals surface area contributed by atoms with Gasteiger partial charge in [-0.2, -0.15) is 0 Å². The first-order valence-corrected chi connectivity index (χ1v) is 6.20. The topological polar surface area (TPSA) is 3.24 Å². The van der Waals surface area contributed by atoms with Crippen molar-refractivity contribution in [2.45, 2.75) is 38.6 Å². The molecule has 0 saturated heterocycles. The first kappa shape index (κ1) is 13.3. The van der Waals surface area contributed by atoms with Crippen molar-refractivity contribution in [2.75, 3.05) is 11.9 Å². The fourth-order valence-corrected chi connectivity index (χ4v) is 1.93. The lowest BCUT2D eigenvalue weighted by Crippen LogP contribution is -2.29. The predicted octanol–water partition coefficient (Wildman–Crippen LogP) is 4.19. The Balaban J connectivity index is 2.87. The summed E-state index contributed by atoms with van der Waals surface area (Å²) < 4.78 is 13.8. The molecule has 0 aromatic heterocycles. The van der Waals surface area contributed by atoms with Crippen molar-refractivity contribution in [2.24, 2.45) is 0 Å². The van der Waals surface area contributed by atoms with E-state index in [2.05, 4.69) is 13.8 Å². The van der Waals surface area contributed by atoms with Crippen LogP contribution in [0.4, 0.5) is 10.1 Å². The zero-order valence-corrected chi connectivity index (χ0v) is 10.9. The van der Waals surface area contributed by atoms with Gasteiger partial charge in [0.05, 0.1) is 5.69 Å². The van der Waals surface area contributed by atoms with E-state index in [0.717, 1.165) is 18.4 Å². The second-order valence-corrected chi connectivity index (χ2v) is 4.44. The van der Waals surface area contributed by atoms with Crippen LogP contribution in [0.1, 0.15) is 32.3 Å². The first-order valence-electron chi connectivity index (χ1n) is 5.67. The summed E-state index contributed by atoms with van der Waals surface area (Å²) >= 11 is 5.66. The van der Waals surface area contributed by atoms with Gasteiger partial charge in [0.2, 0.25) is 0 Å². The Bertz CT molecular complexity index is 341. The lowest BCUT2D eigenvalue weighted by molar-refractivity contribution is 0.581. The molecular weight excluding hydrogens is 225 g/mol. The number of rotatable bonds is 5. The fourth-order valence-electron chi connectivity index (χ4n) is 1.77. The number of alkyl halides is 1. The highest BCUT2D eigenvalue weighted by molar-refractivity contribution is 6.17. The average Bonchev–Trinajstić information content (AvgIpc) is 2.28. The van der Waals surface area contributed by atoms with E-state index in [0.29, 0.717) is 17.6 Å². The predicted molar refractivity (Wildman–Crippen MR) is 68.7 cm³/mol. The van der Waals surface area contributed by atoms with Gasteiger partial charge in [0.1, 0.15) is 5.82 Å². The molecule has 0 radical (unpaired) electrons. The van der Waals surface area contributed by atoms with E-state index in [4.69, 9.17) is 11.6 Å². The molecule has 1 unspecified atom stereocenters. The Hall–Kier alpha value is -0.760. The summed E-state index contributed by atoms with van der Waals surface area (Å²) in [5, 5.41) is 0. The molecule has 1 aromatic carbocycles. The zero-order valence-electron chi connectivity index (χ0n) is 10.1. The minimum absolute atomic E-state index is 0.191. The van der Waals surface area contributed by atoms with Crippen LogP contribution in [0, 0.1) is 5.82 Å². The van der Waals surface area contributed by atoms with Gasteiger partial charge in [0.15, 0.2) is 0 Å². The molecule has 0 N–H and O–H groups in total. The van der Waals surface area contributed by atoms with Crippen LogP contribution < -0.4 is 4.90 Å². The van der Waals surface area contributed by atoms with Crippen LogP contribution in [-0.2, 0) is 5.88 Å². The Morgan fingerprint density at radius 3 is 2.62 bits per heavy atom. The average molecular weight is 244 g/mol. The summed E-state index contributed by atoms with van der Waals surface area (Å²) in [6.45, 7) is 4.25. The summed E-state index contributed by atoms with van der Waals surface area (Å²) in [5.41, 5.74) is 1.47. The lowest BCUT2D eigenvalue weighted by Gasteiger charge is -2.27. The first-order chi connectivity index (χ1) is 7.60. The standard InChI is InChI=1S/C13H19ClFN/c1-4-5-10(2)16(3)13-7-6-11(9-14)8-12(13)15/h6-8,10H,4-5,9H2,1-3H3. The Labute approximate surface area is 102 Å². The van der Waals surface area contributed by atoms with Gasteiger partial charge in [-0.15, -0.1) is 11.6 Å². The largest absolute Gasteiger partial charge is 0.370 e. The maximum atomic E-state index is 13.8. The second-order valence-electron chi connectivity index (χ2n) is 4.17. The Kier molecular flexibility index (Phi) is 5.07. The molecule has 0 bridgehead atoms. The highest BCUT2D eigenvalue weighted by Crippen LogP contribution is 2.23. The third-order valence-electron chi connectivity index (χ3n) is 2.91. The third kappa shape index (κ3) is 3.11. The maximum Gasteiger partial charge on any atom is 0.146 e. The van der Waals surface area contributed by atoms with Gasteiger partial charge < -0.3 is 4.90 Å². The van der Waals surface area contributed by atoms with Gasteiger partial charge in [-0.1, -0.05) is 19.4 Å². The van der Waals surface area contributed by atoms with Crippen molar-refractivity contribution in [1.29, 1.82) is 0 Å². The maximum absolute atomic E-state index is 13.8. The third-order valence-corrected chi connectivity index (χ3v) is 3.22. The van der Waals surface area contributed by atoms with E-state index in [-0.39, 0.29) is 5.82 Å². The molecule has 0 amide bonds. The molecule has 1 rings (SSSR count). The van der Waals surface area contributed by atoms with E-state index >= 15 is 0 Å². The van der Waals surface area contributed by atoms with Crippen molar-refractivity contribution < 1.29 is 4.39 Å². The fraction of sp³-hybridized carbons (Fsp3) is 0.538. The van der Waals surface area contributed by atoms with E-state index in [1.807, 2.05) is 18.0 Å². The summed E-state index contributed by atoms with van der Waals surface area (Å²) in [6.07, 6.45) is 2.17. The van der Waals surface area contributed by atoms with Crippen LogP contribution in [0.5, 0.6) is 0 Å². The van der Waals surface area contributed by atoms with Crippen LogP contribution in [-0.4, -0.2) is 13.1 Å². The lowest BCUT2D eigenvalue weighted by atomic mass is 10.1. The summed E-state index contributed by atoms with van der Waals surface area (Å²) in [5.74, 6) is 0.161. The molecule has 16 heavy (non-hydrogen) atoms. The van der Waals surface area contributed by atoms with Gasteiger partial charge in [0, 0.05) is 19.0 Å². The molecule has 90 valence electrons. The van der Waals surface area contributed by atoms with Gasteiger partial charge >= 0.3 is 0 Å². The van der Waals surface area contributed by atoms with Crippen LogP contribution in [0.15, 0.2) is 18.2 Å². The molecule has 0 spiro atoms. The number of nitrogens with zero attached hydrogens (tertiary/aromatic N) is 1. The van der Waals surface area contributed by atoms with E-state index in [9.17, 15) is 4.39 Å². The zero-order chi connectivity index (χ0) is 12.1. The Morgan fingerprint density at radius 2 is 2.12 bits per heavy atom. The molecular formula is C13H19ClFN. The van der Waals surface area contributed by atoms with Crippen molar-refractivity contribution in [3.8, 4) is 0 Å². The highest BCUT2D eigenvalue weighted by Gasteiger charge is 2.13. The normalized spacial score (nSPS) is 12.6. The summed E-state index contributed by atoms with van der Waals surface area (Å²) in [6, 6.07) is 5.54.